The maximum Gasteiger partial charge on any atom is 0.322 e. The molecule has 2 aromatic heterocycles. The maximum atomic E-state index is 13.4. The van der Waals surface area contributed by atoms with Gasteiger partial charge in [0.25, 0.3) is 0 Å². The van der Waals surface area contributed by atoms with Crippen molar-refractivity contribution >= 4 is 17.2 Å². The zero-order chi connectivity index (χ0) is 23.0. The number of anilines is 1. The summed E-state index contributed by atoms with van der Waals surface area (Å²) in [5, 5.41) is 7.45. The third kappa shape index (κ3) is 4.09. The van der Waals surface area contributed by atoms with Crippen molar-refractivity contribution in [2.75, 3.05) is 32.2 Å². The van der Waals surface area contributed by atoms with E-state index in [0.717, 1.165) is 47.3 Å². The number of methoxy groups -OCH3 is 1. The van der Waals surface area contributed by atoms with Gasteiger partial charge in [-0.15, -0.1) is 0 Å². The number of carbonyl (C=O) groups excluding carboxylic acids is 1. The topological polar surface area (TPSA) is 81.0 Å². The summed E-state index contributed by atoms with van der Waals surface area (Å²) in [5.74, 6) is 0.591. The number of hydrogen-bond donors (Lipinski definition) is 1. The van der Waals surface area contributed by atoms with Gasteiger partial charge in [-0.25, -0.2) is 9.31 Å². The lowest BCUT2D eigenvalue weighted by molar-refractivity contribution is -0.131. The molecule has 1 saturated carbocycles. The van der Waals surface area contributed by atoms with Crippen LogP contribution in [0.5, 0.6) is 0 Å². The highest BCUT2D eigenvalue weighted by atomic mass is 16.5. The number of amides is 2. The van der Waals surface area contributed by atoms with Gasteiger partial charge in [0.2, 0.25) is 0 Å². The monoisotopic (exact) mass is 449 g/mol. The van der Waals surface area contributed by atoms with Crippen LogP contribution >= 0.6 is 0 Å². The summed E-state index contributed by atoms with van der Waals surface area (Å²) in [6.45, 7) is 5.97. The number of nitrogens with one attached hydrogen (secondary N) is 1. The Balaban J connectivity index is 1.34. The average Bonchev–Trinajstić information content (AvgIpc) is 3.25. The number of nitrogens with zero attached hydrogens (tertiary/aromatic N) is 4. The van der Waals surface area contributed by atoms with Crippen LogP contribution in [-0.4, -0.2) is 64.0 Å². The Labute approximate surface area is 193 Å². The van der Waals surface area contributed by atoms with E-state index >= 15 is 0 Å². The van der Waals surface area contributed by atoms with Crippen molar-refractivity contribution < 1.29 is 14.3 Å². The Bertz CT molecular complexity index is 1160. The second-order valence-electron chi connectivity index (χ2n) is 9.48. The molecule has 3 atom stereocenters. The number of likely N-dealkylation sites (tertiary alicyclic amines) is 1. The van der Waals surface area contributed by atoms with Crippen molar-refractivity contribution in [3.05, 3.63) is 48.4 Å². The molecule has 1 aliphatic carbocycles. The van der Waals surface area contributed by atoms with Gasteiger partial charge in [0.15, 0.2) is 0 Å². The molecule has 1 saturated heterocycles. The molecule has 2 fully saturated rings. The first-order valence-electron chi connectivity index (χ1n) is 11.6. The Morgan fingerprint density at radius 1 is 1.27 bits per heavy atom. The first-order valence-corrected chi connectivity index (χ1v) is 11.6. The van der Waals surface area contributed by atoms with E-state index in [1.165, 1.54) is 0 Å². The summed E-state index contributed by atoms with van der Waals surface area (Å²) in [4.78, 5) is 20.0. The maximum absolute atomic E-state index is 13.4. The van der Waals surface area contributed by atoms with E-state index in [2.05, 4.69) is 22.3 Å². The molecule has 33 heavy (non-hydrogen) atoms. The smallest absolute Gasteiger partial charge is 0.322 e. The molecule has 3 aromatic rings. The minimum absolute atomic E-state index is 0.0567. The van der Waals surface area contributed by atoms with Gasteiger partial charge in [-0.3, -0.25) is 4.98 Å². The number of aromatic nitrogens is 3. The predicted octanol–water partition coefficient (Wildman–Crippen LogP) is 4.14. The van der Waals surface area contributed by atoms with Crippen molar-refractivity contribution in [1.82, 2.24) is 19.5 Å². The fourth-order valence-electron chi connectivity index (χ4n) is 5.56. The number of carbonyl (C=O) groups is 1. The van der Waals surface area contributed by atoms with Crippen LogP contribution in [0.15, 0.2) is 42.9 Å². The molecule has 3 heterocycles. The Morgan fingerprint density at radius 2 is 2.15 bits per heavy atom. The normalized spacial score (nSPS) is 24.0. The highest BCUT2D eigenvalue weighted by Gasteiger charge is 2.58. The van der Waals surface area contributed by atoms with E-state index < -0.39 is 0 Å². The predicted molar refractivity (Wildman–Crippen MR) is 126 cm³/mol. The fourth-order valence-corrected chi connectivity index (χ4v) is 5.56. The van der Waals surface area contributed by atoms with Gasteiger partial charge in [-0.1, -0.05) is 13.0 Å². The van der Waals surface area contributed by atoms with Gasteiger partial charge in [-0.05, 0) is 55.9 Å². The lowest BCUT2D eigenvalue weighted by Crippen LogP contribution is -2.74. The van der Waals surface area contributed by atoms with E-state index in [1.54, 1.807) is 13.3 Å². The van der Waals surface area contributed by atoms with E-state index in [4.69, 9.17) is 9.47 Å². The Kier molecular flexibility index (Phi) is 5.80. The molecule has 174 valence electrons. The standard InChI is InChI=1S/C25H31N5O3/c1-17-10-21-13-25(12-17,16-33-9-8-32-3)30(21)24(31)28-19-5-4-18(2)22(11-19)23-15-29-20(14-26-23)6-7-27-29/h4-7,11,14-15,17,21H,8-10,12-13,16H2,1-3H3,(H,28,31)/t17-,21-,25+/m0/s1. The molecule has 2 aliphatic rings. The van der Waals surface area contributed by atoms with Crippen LogP contribution in [0.2, 0.25) is 0 Å². The van der Waals surface area contributed by atoms with Crippen LogP contribution in [0.4, 0.5) is 10.5 Å². The van der Waals surface area contributed by atoms with Gasteiger partial charge in [0.1, 0.15) is 0 Å². The van der Waals surface area contributed by atoms with E-state index in [9.17, 15) is 4.79 Å². The van der Waals surface area contributed by atoms with Gasteiger partial charge in [-0.2, -0.15) is 5.10 Å². The minimum atomic E-state index is -0.222. The SMILES string of the molecule is COCCOC[C@@]12C[C@@H](C)C[C@@H](C1)N2C(=O)Nc1ccc(C)c(-c2cn3nccc3cn2)c1. The van der Waals surface area contributed by atoms with E-state index in [1.807, 2.05) is 53.0 Å². The number of ether oxygens (including phenoxy) is 2. The molecule has 2 amide bonds. The van der Waals surface area contributed by atoms with Crippen molar-refractivity contribution in [3.63, 3.8) is 0 Å². The summed E-state index contributed by atoms with van der Waals surface area (Å²) < 4.78 is 12.8. The summed E-state index contributed by atoms with van der Waals surface area (Å²) >= 11 is 0. The zero-order valence-corrected chi connectivity index (χ0v) is 19.5. The van der Waals surface area contributed by atoms with Gasteiger partial charge in [0, 0.05) is 24.4 Å². The lowest BCUT2D eigenvalue weighted by atomic mass is 9.65. The summed E-state index contributed by atoms with van der Waals surface area (Å²) in [6.07, 6.45) is 8.49. The molecule has 8 heteroatoms. The summed E-state index contributed by atoms with van der Waals surface area (Å²) in [6, 6.07) is 8.09. The highest BCUT2D eigenvalue weighted by molar-refractivity contribution is 5.92. The summed E-state index contributed by atoms with van der Waals surface area (Å²) in [7, 11) is 1.67. The second kappa shape index (κ2) is 8.76. The van der Waals surface area contributed by atoms with Crippen LogP contribution in [0.1, 0.15) is 31.7 Å². The van der Waals surface area contributed by atoms with Gasteiger partial charge in [0.05, 0.1) is 55.2 Å². The molecule has 0 unspecified atom stereocenters. The van der Waals surface area contributed by atoms with Crippen molar-refractivity contribution in [2.45, 2.75) is 44.7 Å². The molecule has 1 aliphatic heterocycles. The molecular weight excluding hydrogens is 418 g/mol. The van der Waals surface area contributed by atoms with Gasteiger partial charge < -0.3 is 19.7 Å². The number of rotatable bonds is 7. The van der Waals surface area contributed by atoms with Gasteiger partial charge >= 0.3 is 6.03 Å². The quantitative estimate of drug-likeness (QED) is 0.548. The first-order chi connectivity index (χ1) is 16.0. The molecule has 0 radical (unpaired) electrons. The molecule has 1 N–H and O–H groups in total. The number of fused-ring (bicyclic) bond motifs is 3. The van der Waals surface area contributed by atoms with Crippen LogP contribution in [-0.2, 0) is 9.47 Å². The average molecular weight is 450 g/mol. The molecule has 1 aromatic carbocycles. The van der Waals surface area contributed by atoms with Crippen molar-refractivity contribution in [1.29, 1.82) is 0 Å². The van der Waals surface area contributed by atoms with E-state index in [-0.39, 0.29) is 17.6 Å². The number of piperidine rings is 1. The minimum Gasteiger partial charge on any atom is -0.382 e. The van der Waals surface area contributed by atoms with Crippen LogP contribution < -0.4 is 5.32 Å². The van der Waals surface area contributed by atoms with Crippen LogP contribution in [0, 0.1) is 12.8 Å². The second-order valence-corrected chi connectivity index (χ2v) is 9.48. The zero-order valence-electron chi connectivity index (χ0n) is 19.5. The first kappa shape index (κ1) is 21.9. The summed E-state index contributed by atoms with van der Waals surface area (Å²) in [5.41, 5.74) is 4.36. The molecule has 8 nitrogen and oxygen atoms in total. The van der Waals surface area contributed by atoms with Crippen LogP contribution in [0.25, 0.3) is 16.8 Å². The third-order valence-electron chi connectivity index (χ3n) is 6.96. The molecule has 5 rings (SSSR count). The molecule has 2 bridgehead atoms. The largest absolute Gasteiger partial charge is 0.382 e. The number of benzene rings is 1. The van der Waals surface area contributed by atoms with E-state index in [0.29, 0.717) is 25.7 Å². The third-order valence-corrected chi connectivity index (χ3v) is 6.96. The lowest BCUT2D eigenvalue weighted by Gasteiger charge is -2.63. The molecule has 0 spiro atoms. The number of aryl methyl sites for hydroxylation is 1. The Hall–Kier alpha value is -2.97. The molecular formula is C25H31N5O3. The highest BCUT2D eigenvalue weighted by Crippen LogP contribution is 2.50. The number of hydrogen-bond acceptors (Lipinski definition) is 5. The van der Waals surface area contributed by atoms with Crippen molar-refractivity contribution in [2.24, 2.45) is 5.92 Å². The van der Waals surface area contributed by atoms with Crippen LogP contribution in [0.3, 0.4) is 0 Å². The number of urea groups is 1. The fraction of sp³-hybridized carbons (Fsp3) is 0.480. The van der Waals surface area contributed by atoms with Crippen molar-refractivity contribution in [3.8, 4) is 11.3 Å². The Morgan fingerprint density at radius 3 is 3.00 bits per heavy atom.